The number of fused-ring (bicyclic) bond motifs is 1. The van der Waals surface area contributed by atoms with Crippen LogP contribution in [-0.2, 0) is 9.53 Å². The summed E-state index contributed by atoms with van der Waals surface area (Å²) >= 11 is 0. The van der Waals surface area contributed by atoms with Crippen LogP contribution in [0.5, 0.6) is 0 Å². The van der Waals surface area contributed by atoms with Gasteiger partial charge in [0.1, 0.15) is 12.6 Å². The van der Waals surface area contributed by atoms with Gasteiger partial charge in [-0.2, -0.15) is 13.2 Å². The van der Waals surface area contributed by atoms with Crippen LogP contribution in [0, 0.1) is 10.1 Å². The molecule has 132 valence electrons. The predicted octanol–water partition coefficient (Wildman–Crippen LogP) is 0.603. The molecule has 7 nitrogen and oxygen atoms in total. The van der Waals surface area contributed by atoms with Gasteiger partial charge >= 0.3 is 6.18 Å². The first-order chi connectivity index (χ1) is 11.3. The number of nitro groups is 1. The SMILES string of the molecule is O=C1C2=CC(N3CCOCC3)C([N+](=O)[O-])C=C2CN1CC(F)(F)F. The Morgan fingerprint density at radius 3 is 2.54 bits per heavy atom. The number of morpholine rings is 1. The Hall–Kier alpha value is -1.94. The fraction of sp³-hybridized carbons (Fsp3) is 0.643. The van der Waals surface area contributed by atoms with Gasteiger partial charge in [-0.15, -0.1) is 0 Å². The largest absolute Gasteiger partial charge is 0.406 e. The lowest BCUT2D eigenvalue weighted by atomic mass is 9.92. The number of carbonyl (C=O) groups is 1. The Bertz CT molecular complexity index is 611. The highest BCUT2D eigenvalue weighted by atomic mass is 19.4. The summed E-state index contributed by atoms with van der Waals surface area (Å²) in [5, 5.41) is 11.4. The first-order valence-electron chi connectivity index (χ1n) is 7.50. The predicted molar refractivity (Wildman–Crippen MR) is 75.8 cm³/mol. The molecule has 3 aliphatic rings. The fourth-order valence-electron chi connectivity index (χ4n) is 3.29. The minimum absolute atomic E-state index is 0.147. The van der Waals surface area contributed by atoms with Gasteiger partial charge in [0.25, 0.3) is 11.9 Å². The van der Waals surface area contributed by atoms with Crippen LogP contribution in [-0.4, -0.2) is 78.3 Å². The van der Waals surface area contributed by atoms with Gasteiger partial charge in [0.05, 0.1) is 13.2 Å². The number of likely N-dealkylation sites (tertiary alicyclic amines) is 1. The third kappa shape index (κ3) is 3.29. The van der Waals surface area contributed by atoms with Gasteiger partial charge in [0, 0.05) is 30.1 Å². The maximum atomic E-state index is 12.6. The van der Waals surface area contributed by atoms with Crippen molar-refractivity contribution in [2.45, 2.75) is 18.3 Å². The Morgan fingerprint density at radius 1 is 1.29 bits per heavy atom. The number of hydrogen-bond acceptors (Lipinski definition) is 5. The molecule has 24 heavy (non-hydrogen) atoms. The van der Waals surface area contributed by atoms with E-state index in [1.165, 1.54) is 12.2 Å². The van der Waals surface area contributed by atoms with E-state index >= 15 is 0 Å². The van der Waals surface area contributed by atoms with Crippen molar-refractivity contribution in [3.8, 4) is 0 Å². The van der Waals surface area contributed by atoms with Crippen molar-refractivity contribution in [2.75, 3.05) is 39.4 Å². The zero-order chi connectivity index (χ0) is 17.5. The van der Waals surface area contributed by atoms with E-state index in [1.54, 1.807) is 0 Å². The summed E-state index contributed by atoms with van der Waals surface area (Å²) in [6.07, 6.45) is -1.73. The molecular weight excluding hydrogens is 331 g/mol. The number of ether oxygens (including phenoxy) is 1. The number of nitrogens with zero attached hydrogens (tertiary/aromatic N) is 3. The van der Waals surface area contributed by atoms with Crippen molar-refractivity contribution in [1.82, 2.24) is 9.80 Å². The Labute approximate surface area is 135 Å². The normalized spacial score (nSPS) is 28.5. The minimum atomic E-state index is -4.50. The van der Waals surface area contributed by atoms with Crippen LogP contribution in [0.25, 0.3) is 0 Å². The van der Waals surface area contributed by atoms with Crippen LogP contribution in [0.2, 0.25) is 0 Å². The van der Waals surface area contributed by atoms with Crippen LogP contribution in [0.4, 0.5) is 13.2 Å². The lowest BCUT2D eigenvalue weighted by Gasteiger charge is -2.34. The smallest absolute Gasteiger partial charge is 0.379 e. The fourth-order valence-corrected chi connectivity index (χ4v) is 3.29. The molecule has 0 radical (unpaired) electrons. The molecule has 2 saturated heterocycles. The Kier molecular flexibility index (Phi) is 4.35. The van der Waals surface area contributed by atoms with E-state index in [4.69, 9.17) is 4.74 Å². The van der Waals surface area contributed by atoms with E-state index in [-0.39, 0.29) is 12.1 Å². The van der Waals surface area contributed by atoms with Gasteiger partial charge in [0.15, 0.2) is 0 Å². The second kappa shape index (κ2) is 6.17. The summed E-state index contributed by atoms with van der Waals surface area (Å²) < 4.78 is 42.9. The third-order valence-electron chi connectivity index (χ3n) is 4.36. The molecule has 0 spiro atoms. The van der Waals surface area contributed by atoms with E-state index in [2.05, 4.69) is 0 Å². The van der Waals surface area contributed by atoms with Gasteiger partial charge in [-0.25, -0.2) is 0 Å². The number of alkyl halides is 3. The van der Waals surface area contributed by atoms with Crippen LogP contribution in [0.3, 0.4) is 0 Å². The van der Waals surface area contributed by atoms with Crippen LogP contribution >= 0.6 is 0 Å². The summed E-state index contributed by atoms with van der Waals surface area (Å²) in [5.74, 6) is -0.723. The summed E-state index contributed by atoms with van der Waals surface area (Å²) in [7, 11) is 0. The molecular formula is C14H16F3N3O4. The molecule has 10 heteroatoms. The van der Waals surface area contributed by atoms with Gasteiger partial charge in [0.2, 0.25) is 0 Å². The molecule has 2 atom stereocenters. The van der Waals surface area contributed by atoms with Crippen molar-refractivity contribution in [3.05, 3.63) is 33.4 Å². The summed E-state index contributed by atoms with van der Waals surface area (Å²) in [6.45, 7) is 0.199. The monoisotopic (exact) mass is 347 g/mol. The minimum Gasteiger partial charge on any atom is -0.379 e. The lowest BCUT2D eigenvalue weighted by molar-refractivity contribution is -0.515. The highest BCUT2D eigenvalue weighted by Gasteiger charge is 2.45. The maximum absolute atomic E-state index is 12.6. The van der Waals surface area contributed by atoms with Gasteiger partial charge in [-0.3, -0.25) is 19.8 Å². The second-order valence-corrected chi connectivity index (χ2v) is 5.96. The highest BCUT2D eigenvalue weighted by Crippen LogP contribution is 2.33. The van der Waals surface area contributed by atoms with Crippen LogP contribution in [0.15, 0.2) is 23.3 Å². The van der Waals surface area contributed by atoms with Crippen molar-refractivity contribution in [1.29, 1.82) is 0 Å². The van der Waals surface area contributed by atoms with Crippen molar-refractivity contribution >= 4 is 5.91 Å². The second-order valence-electron chi connectivity index (χ2n) is 5.96. The summed E-state index contributed by atoms with van der Waals surface area (Å²) in [6, 6.07) is -1.74. The van der Waals surface area contributed by atoms with E-state index in [0.29, 0.717) is 36.8 Å². The van der Waals surface area contributed by atoms with E-state index in [9.17, 15) is 28.1 Å². The number of hydrogen-bond donors (Lipinski definition) is 0. The third-order valence-corrected chi connectivity index (χ3v) is 4.36. The quantitative estimate of drug-likeness (QED) is 0.552. The molecule has 0 aromatic heterocycles. The number of halogens is 3. The molecule has 0 bridgehead atoms. The van der Waals surface area contributed by atoms with E-state index < -0.39 is 35.6 Å². The first kappa shape index (κ1) is 16.9. The molecule has 0 N–H and O–H groups in total. The zero-order valence-corrected chi connectivity index (χ0v) is 12.7. The Balaban J connectivity index is 1.87. The number of rotatable bonds is 3. The van der Waals surface area contributed by atoms with Crippen molar-refractivity contribution < 1.29 is 27.6 Å². The topological polar surface area (TPSA) is 75.9 Å². The molecule has 2 heterocycles. The molecule has 1 aliphatic carbocycles. The Morgan fingerprint density at radius 2 is 1.96 bits per heavy atom. The zero-order valence-electron chi connectivity index (χ0n) is 12.7. The number of amides is 1. The molecule has 2 unspecified atom stereocenters. The highest BCUT2D eigenvalue weighted by molar-refractivity contribution is 6.01. The molecule has 1 amide bonds. The van der Waals surface area contributed by atoms with Gasteiger partial charge in [-0.05, 0) is 17.7 Å². The van der Waals surface area contributed by atoms with Crippen molar-refractivity contribution in [3.63, 3.8) is 0 Å². The molecule has 2 aliphatic heterocycles. The molecule has 2 fully saturated rings. The molecule has 0 aromatic rings. The molecule has 0 saturated carbocycles. The average molecular weight is 347 g/mol. The number of carbonyl (C=O) groups excluding carboxylic acids is 1. The lowest BCUT2D eigenvalue weighted by Crippen LogP contribution is -2.51. The van der Waals surface area contributed by atoms with Crippen molar-refractivity contribution in [2.24, 2.45) is 0 Å². The van der Waals surface area contributed by atoms with Gasteiger partial charge in [-0.1, -0.05) is 0 Å². The standard InChI is InChI=1S/C14H16F3N3O4/c15-14(16,17)8-19-7-9-5-12(20(22)23)11(6-10(9)13(19)21)18-1-3-24-4-2-18/h5-6,11-12H,1-4,7-8H2. The first-order valence-corrected chi connectivity index (χ1v) is 7.50. The van der Waals surface area contributed by atoms with E-state index in [1.807, 2.05) is 4.90 Å². The maximum Gasteiger partial charge on any atom is 0.406 e. The summed E-state index contributed by atoms with van der Waals surface area (Å²) in [5.41, 5.74) is 0.448. The van der Waals surface area contributed by atoms with Crippen LogP contribution in [0.1, 0.15) is 0 Å². The van der Waals surface area contributed by atoms with Gasteiger partial charge < -0.3 is 9.64 Å². The molecule has 0 aromatic carbocycles. The average Bonchev–Trinajstić information content (AvgIpc) is 2.81. The molecule has 3 rings (SSSR count). The summed E-state index contributed by atoms with van der Waals surface area (Å²) in [4.78, 5) is 25.7. The van der Waals surface area contributed by atoms with E-state index in [0.717, 1.165) is 0 Å². The van der Waals surface area contributed by atoms with Crippen LogP contribution < -0.4 is 0 Å².